The Morgan fingerprint density at radius 2 is 1.70 bits per heavy atom. The molecule has 1 atom stereocenters. The number of amides is 2. The van der Waals surface area contributed by atoms with E-state index >= 15 is 0 Å². The second-order valence-corrected chi connectivity index (χ2v) is 10.6. The lowest BCUT2D eigenvalue weighted by molar-refractivity contribution is -0.122. The topological polar surface area (TPSA) is 136 Å². The van der Waals surface area contributed by atoms with Gasteiger partial charge in [0, 0.05) is 18.4 Å². The highest BCUT2D eigenvalue weighted by atomic mass is 127. The molecule has 158 valence electrons. The van der Waals surface area contributed by atoms with Crippen LogP contribution in [-0.4, -0.2) is 44.7 Å². The Balaban J connectivity index is 2.23. The van der Waals surface area contributed by atoms with Gasteiger partial charge in [-0.15, -0.1) is 0 Å². The molecule has 0 heterocycles. The van der Waals surface area contributed by atoms with Crippen LogP contribution in [0.4, 0.5) is 0 Å². The first-order valence-electron chi connectivity index (χ1n) is 8.45. The molecule has 1 unspecified atom stereocenters. The minimum absolute atomic E-state index is 0.0547. The Hall–Kier alpha value is -1.92. The van der Waals surface area contributed by atoms with Crippen molar-refractivity contribution < 1.29 is 23.1 Å². The van der Waals surface area contributed by atoms with Crippen molar-refractivity contribution in [1.29, 1.82) is 5.26 Å². The summed E-state index contributed by atoms with van der Waals surface area (Å²) >= 11 is 3.89. The molecule has 0 saturated heterocycles. The lowest BCUT2D eigenvalue weighted by Gasteiger charge is -2.18. The molecule has 2 aromatic carbocycles. The Morgan fingerprint density at radius 3 is 2.20 bits per heavy atom. The maximum Gasteiger partial charge on any atom is 0.251 e. The van der Waals surface area contributed by atoms with Crippen molar-refractivity contribution in [2.45, 2.75) is 10.8 Å². The number of hydrogen-bond acceptors (Lipinski definition) is 6. The Morgan fingerprint density at radius 1 is 1.13 bits per heavy atom. The molecule has 8 nitrogen and oxygen atoms in total. The number of carbonyl (C=O) groups excluding carboxylic acids is 2. The van der Waals surface area contributed by atoms with Gasteiger partial charge >= 0.3 is 0 Å². The van der Waals surface area contributed by atoms with Crippen molar-refractivity contribution in [2.24, 2.45) is 0 Å². The number of phenols is 1. The molecule has 11 heteroatoms. The van der Waals surface area contributed by atoms with Crippen molar-refractivity contribution in [1.82, 2.24) is 10.6 Å². The first-order valence-corrected chi connectivity index (χ1v) is 12.5. The number of nitrogens with zero attached hydrogens (tertiary/aromatic N) is 1. The zero-order valence-electron chi connectivity index (χ0n) is 15.6. The maximum atomic E-state index is 12.6. The van der Waals surface area contributed by atoms with Crippen molar-refractivity contribution in [3.63, 3.8) is 0 Å². The van der Waals surface area contributed by atoms with Crippen LogP contribution in [0.2, 0.25) is 0 Å². The van der Waals surface area contributed by atoms with E-state index in [2.05, 4.69) is 10.6 Å². The summed E-state index contributed by atoms with van der Waals surface area (Å²) in [7, 11) is -3.37. The molecule has 2 aromatic rings. The quantitative estimate of drug-likeness (QED) is 0.310. The molecule has 0 aliphatic heterocycles. The molecule has 2 amide bonds. The van der Waals surface area contributed by atoms with Gasteiger partial charge in [0.15, 0.2) is 9.84 Å². The number of sulfone groups is 1. The smallest absolute Gasteiger partial charge is 0.251 e. The van der Waals surface area contributed by atoms with E-state index in [9.17, 15) is 23.1 Å². The van der Waals surface area contributed by atoms with Crippen LogP contribution in [0.5, 0.6) is 5.75 Å². The Labute approximate surface area is 201 Å². The molecule has 3 N–H and O–H groups in total. The maximum absolute atomic E-state index is 12.6. The minimum atomic E-state index is -3.37. The third kappa shape index (κ3) is 6.29. The van der Waals surface area contributed by atoms with Crippen molar-refractivity contribution in [2.75, 3.05) is 19.3 Å². The Bertz CT molecular complexity index is 1090. The zero-order chi connectivity index (χ0) is 22.5. The van der Waals surface area contributed by atoms with Gasteiger partial charge in [-0.2, -0.15) is 5.26 Å². The van der Waals surface area contributed by atoms with Crippen molar-refractivity contribution in [3.05, 3.63) is 54.7 Å². The van der Waals surface area contributed by atoms with Crippen LogP contribution in [-0.2, 0) is 14.6 Å². The molecule has 30 heavy (non-hydrogen) atoms. The SMILES string of the molecule is CS(=O)(=O)c1ccc(C(=O)NCC(C(=O)NCC#N)c2cc(I)c(O)c(I)c2)cc1. The molecular formula is C19H17I2N3O5S. The zero-order valence-corrected chi connectivity index (χ0v) is 20.8. The third-order valence-corrected chi connectivity index (χ3v) is 6.88. The number of halogens is 2. The van der Waals surface area contributed by atoms with E-state index in [1.165, 1.54) is 24.3 Å². The molecule has 0 aliphatic carbocycles. The molecular weight excluding hydrogens is 636 g/mol. The van der Waals surface area contributed by atoms with E-state index in [-0.39, 0.29) is 29.3 Å². The van der Waals surface area contributed by atoms with E-state index in [0.717, 1.165) is 6.26 Å². The van der Waals surface area contributed by atoms with E-state index in [1.54, 1.807) is 12.1 Å². The normalized spacial score (nSPS) is 11.9. The summed E-state index contributed by atoms with van der Waals surface area (Å²) in [5, 5.41) is 23.8. The molecule has 0 aliphatic rings. The van der Waals surface area contributed by atoms with Crippen molar-refractivity contribution in [3.8, 4) is 11.8 Å². The van der Waals surface area contributed by atoms with Gasteiger partial charge in [-0.05, 0) is 87.1 Å². The molecule has 0 saturated carbocycles. The third-order valence-electron chi connectivity index (χ3n) is 4.11. The van der Waals surface area contributed by atoms with Gasteiger partial charge in [0.2, 0.25) is 5.91 Å². The largest absolute Gasteiger partial charge is 0.506 e. The summed E-state index contributed by atoms with van der Waals surface area (Å²) < 4.78 is 24.2. The summed E-state index contributed by atoms with van der Waals surface area (Å²) in [6.45, 7) is -0.233. The second-order valence-electron chi connectivity index (χ2n) is 6.27. The van der Waals surface area contributed by atoms with Gasteiger partial charge < -0.3 is 15.7 Å². The van der Waals surface area contributed by atoms with E-state index < -0.39 is 27.6 Å². The number of aromatic hydroxyl groups is 1. The van der Waals surface area contributed by atoms with Gasteiger partial charge in [0.1, 0.15) is 12.3 Å². The van der Waals surface area contributed by atoms with E-state index in [0.29, 0.717) is 12.7 Å². The van der Waals surface area contributed by atoms with Crippen LogP contribution < -0.4 is 10.6 Å². The molecule has 0 fully saturated rings. The highest BCUT2D eigenvalue weighted by Gasteiger charge is 2.23. The molecule has 0 radical (unpaired) electrons. The van der Waals surface area contributed by atoms with Crippen LogP contribution in [0.1, 0.15) is 21.8 Å². The monoisotopic (exact) mass is 653 g/mol. The lowest BCUT2D eigenvalue weighted by atomic mass is 9.97. The first kappa shape index (κ1) is 24.4. The van der Waals surface area contributed by atoms with Crippen LogP contribution in [0, 0.1) is 18.5 Å². The molecule has 0 bridgehead atoms. The fraction of sp³-hybridized carbons (Fsp3) is 0.211. The van der Waals surface area contributed by atoms with Crippen LogP contribution >= 0.6 is 45.2 Å². The second kappa shape index (κ2) is 10.4. The molecule has 0 spiro atoms. The standard InChI is InChI=1S/C19H17I2N3O5S/c1-30(28,29)13-4-2-11(3-5-13)18(26)24-10-14(19(27)23-7-6-22)12-8-15(20)17(25)16(21)9-12/h2-5,8-9,14,25H,7,10H2,1H3,(H,23,27)(H,24,26). The number of benzene rings is 2. The molecule has 2 rings (SSSR count). The van der Waals surface area contributed by atoms with E-state index in [4.69, 9.17) is 5.26 Å². The summed E-state index contributed by atoms with van der Waals surface area (Å²) in [5.74, 6) is -1.61. The van der Waals surface area contributed by atoms with Gasteiger partial charge in [0.25, 0.3) is 5.91 Å². The number of nitrogens with one attached hydrogen (secondary N) is 2. The van der Waals surface area contributed by atoms with Crippen LogP contribution in [0.3, 0.4) is 0 Å². The molecule has 0 aromatic heterocycles. The predicted molar refractivity (Wildman–Crippen MR) is 127 cm³/mol. The summed E-state index contributed by atoms with van der Waals surface area (Å²) in [6.07, 6.45) is 1.08. The van der Waals surface area contributed by atoms with Crippen LogP contribution in [0.15, 0.2) is 41.3 Å². The average molecular weight is 653 g/mol. The predicted octanol–water partition coefficient (Wildman–Crippen LogP) is 2.16. The number of carbonyl (C=O) groups is 2. The fourth-order valence-electron chi connectivity index (χ4n) is 2.55. The van der Waals surface area contributed by atoms with E-state index in [1.807, 2.05) is 51.3 Å². The lowest BCUT2D eigenvalue weighted by Crippen LogP contribution is -2.37. The Kier molecular flexibility index (Phi) is 8.44. The fourth-order valence-corrected chi connectivity index (χ4v) is 5.00. The van der Waals surface area contributed by atoms with Gasteiger partial charge in [-0.3, -0.25) is 9.59 Å². The average Bonchev–Trinajstić information content (AvgIpc) is 2.69. The summed E-state index contributed by atoms with van der Waals surface area (Å²) in [4.78, 5) is 25.1. The van der Waals surface area contributed by atoms with Crippen LogP contribution in [0.25, 0.3) is 0 Å². The number of hydrogen-bond donors (Lipinski definition) is 3. The number of nitriles is 1. The van der Waals surface area contributed by atoms with Crippen molar-refractivity contribution >= 4 is 66.8 Å². The number of rotatable bonds is 7. The highest BCUT2D eigenvalue weighted by molar-refractivity contribution is 14.1. The summed E-state index contributed by atoms with van der Waals surface area (Å²) in [5.41, 5.74) is 0.818. The number of phenolic OH excluding ortho intramolecular Hbond substituents is 1. The van der Waals surface area contributed by atoms with Gasteiger partial charge in [-0.25, -0.2) is 8.42 Å². The highest BCUT2D eigenvalue weighted by Crippen LogP contribution is 2.30. The minimum Gasteiger partial charge on any atom is -0.506 e. The summed E-state index contributed by atoms with van der Waals surface area (Å²) in [6, 6.07) is 10.6. The van der Waals surface area contributed by atoms with Gasteiger partial charge in [-0.1, -0.05) is 0 Å². The first-order chi connectivity index (χ1) is 14.0. The van der Waals surface area contributed by atoms with Gasteiger partial charge in [0.05, 0.1) is 24.0 Å².